The number of nitro benzene ring substituents is 1. The average Bonchev–Trinajstić information content (AvgIpc) is 3.23. The van der Waals surface area contributed by atoms with E-state index >= 15 is 0 Å². The lowest BCUT2D eigenvalue weighted by atomic mass is 10.2. The van der Waals surface area contributed by atoms with Crippen molar-refractivity contribution in [1.82, 2.24) is 25.2 Å². The summed E-state index contributed by atoms with van der Waals surface area (Å²) in [6.07, 6.45) is 2.22. The summed E-state index contributed by atoms with van der Waals surface area (Å²) < 4.78 is 6.64. The molecule has 0 bridgehead atoms. The number of nitrogens with zero attached hydrogens (tertiary/aromatic N) is 5. The van der Waals surface area contributed by atoms with Crippen molar-refractivity contribution in [2.45, 2.75) is 19.4 Å². The molecule has 0 amide bonds. The third kappa shape index (κ3) is 4.56. The Hall–Kier alpha value is -2.20. The molecule has 1 unspecified atom stereocenters. The summed E-state index contributed by atoms with van der Waals surface area (Å²) in [5.74, 6) is 0.819. The fourth-order valence-electron chi connectivity index (χ4n) is 2.26. The zero-order chi connectivity index (χ0) is 18.8. The number of hydrogen-bond donors (Lipinski definition) is 1. The van der Waals surface area contributed by atoms with Crippen LogP contribution in [0.1, 0.15) is 12.7 Å². The fourth-order valence-corrected chi connectivity index (χ4v) is 2.90. The number of non-ortho nitro benzene ring substituents is 1. The minimum absolute atomic E-state index is 0. The van der Waals surface area contributed by atoms with Gasteiger partial charge in [-0.3, -0.25) is 10.1 Å². The number of nitro groups is 1. The van der Waals surface area contributed by atoms with E-state index in [-0.39, 0.29) is 40.1 Å². The van der Waals surface area contributed by atoms with Gasteiger partial charge in [-0.25, -0.2) is 4.68 Å². The average molecular weight is 434 g/mol. The zero-order valence-electron chi connectivity index (χ0n) is 14.2. The molecule has 0 aliphatic heterocycles. The third-order valence-corrected chi connectivity index (χ3v) is 4.28. The second-order valence-corrected chi connectivity index (χ2v) is 6.38. The largest absolute Gasteiger partial charge is 0.332 e. The van der Waals surface area contributed by atoms with Gasteiger partial charge in [0.25, 0.3) is 11.6 Å². The van der Waals surface area contributed by atoms with Crippen LogP contribution in [-0.2, 0) is 6.42 Å². The lowest BCUT2D eigenvalue weighted by Crippen LogP contribution is -2.24. The van der Waals surface area contributed by atoms with Crippen LogP contribution in [0.25, 0.3) is 17.3 Å². The highest BCUT2D eigenvalue weighted by Gasteiger charge is 2.19. The molecule has 2 heterocycles. The van der Waals surface area contributed by atoms with Gasteiger partial charge in [0.15, 0.2) is 11.5 Å². The van der Waals surface area contributed by atoms with Crippen LogP contribution < -0.4 is 5.32 Å². The minimum Gasteiger partial charge on any atom is -0.332 e. The molecule has 0 spiro atoms. The normalized spacial score (nSPS) is 11.9. The van der Waals surface area contributed by atoms with Crippen LogP contribution in [0.3, 0.4) is 0 Å². The van der Waals surface area contributed by atoms with E-state index in [1.807, 2.05) is 14.0 Å². The van der Waals surface area contributed by atoms with E-state index < -0.39 is 4.92 Å². The van der Waals surface area contributed by atoms with Crippen molar-refractivity contribution < 1.29 is 9.45 Å². The predicted molar refractivity (Wildman–Crippen MR) is 103 cm³/mol. The number of hydrogen-bond acceptors (Lipinski definition) is 7. The Morgan fingerprint density at radius 2 is 2.04 bits per heavy atom. The molecular formula is C15H15Cl3N6O3. The quantitative estimate of drug-likeness (QED) is 0.466. The van der Waals surface area contributed by atoms with E-state index in [4.69, 9.17) is 27.7 Å². The predicted octanol–water partition coefficient (Wildman–Crippen LogP) is 3.71. The summed E-state index contributed by atoms with van der Waals surface area (Å²) in [7, 11) is 1.85. The van der Waals surface area contributed by atoms with Crippen LogP contribution >= 0.6 is 35.6 Å². The van der Waals surface area contributed by atoms with Crippen molar-refractivity contribution >= 4 is 41.3 Å². The van der Waals surface area contributed by atoms with E-state index in [2.05, 4.69) is 20.6 Å². The summed E-state index contributed by atoms with van der Waals surface area (Å²) >= 11 is 12.3. The van der Waals surface area contributed by atoms with Crippen LogP contribution in [0, 0.1) is 10.1 Å². The van der Waals surface area contributed by atoms with E-state index in [1.54, 1.807) is 12.3 Å². The van der Waals surface area contributed by atoms with Gasteiger partial charge in [0, 0.05) is 30.8 Å². The van der Waals surface area contributed by atoms with Crippen molar-refractivity contribution in [3.63, 3.8) is 0 Å². The molecule has 0 radical (unpaired) electrons. The Bertz CT molecular complexity index is 935. The molecule has 3 rings (SSSR count). The summed E-state index contributed by atoms with van der Waals surface area (Å²) in [6, 6.07) is 4.30. The molecule has 27 heavy (non-hydrogen) atoms. The van der Waals surface area contributed by atoms with Gasteiger partial charge in [0.2, 0.25) is 0 Å². The summed E-state index contributed by atoms with van der Waals surface area (Å²) in [5, 5.41) is 22.4. The Labute approximate surface area is 170 Å². The fraction of sp³-hybridized carbons (Fsp3) is 0.267. The first-order chi connectivity index (χ1) is 12.4. The number of rotatable bonds is 6. The number of benzene rings is 1. The molecule has 0 aliphatic rings. The molecule has 9 nitrogen and oxygen atoms in total. The maximum absolute atomic E-state index is 10.9. The lowest BCUT2D eigenvalue weighted by Gasteiger charge is -2.06. The van der Waals surface area contributed by atoms with Gasteiger partial charge in [-0.2, -0.15) is 10.1 Å². The molecule has 3 aromatic rings. The van der Waals surface area contributed by atoms with Crippen LogP contribution in [0.5, 0.6) is 0 Å². The first kappa shape index (κ1) is 21.1. The van der Waals surface area contributed by atoms with Crippen molar-refractivity contribution in [3.8, 4) is 17.3 Å². The molecule has 2 aromatic heterocycles. The van der Waals surface area contributed by atoms with Crippen molar-refractivity contribution in [1.29, 1.82) is 0 Å². The topological polar surface area (TPSA) is 112 Å². The van der Waals surface area contributed by atoms with Gasteiger partial charge in [-0.05, 0) is 20.0 Å². The van der Waals surface area contributed by atoms with Crippen molar-refractivity contribution in [2.24, 2.45) is 0 Å². The van der Waals surface area contributed by atoms with Gasteiger partial charge in [-0.1, -0.05) is 28.4 Å². The lowest BCUT2D eigenvalue weighted by molar-refractivity contribution is -0.384. The SMILES string of the molecule is CNC(C)Cc1noc(-c2ccn(-c3c(Cl)cc([N+](=O)[O-])cc3Cl)n2)n1.Cl. The van der Waals surface area contributed by atoms with Crippen LogP contribution in [0.15, 0.2) is 28.9 Å². The van der Waals surface area contributed by atoms with Gasteiger partial charge in [0.1, 0.15) is 5.69 Å². The molecule has 12 heteroatoms. The molecule has 1 N–H and O–H groups in total. The molecule has 1 aromatic carbocycles. The zero-order valence-corrected chi connectivity index (χ0v) is 16.5. The Morgan fingerprint density at radius 3 is 2.63 bits per heavy atom. The molecule has 0 aliphatic carbocycles. The highest BCUT2D eigenvalue weighted by Crippen LogP contribution is 2.33. The number of likely N-dealkylation sites (N-methyl/N-ethyl adjacent to an activating group) is 1. The summed E-state index contributed by atoms with van der Waals surface area (Å²) in [4.78, 5) is 14.6. The third-order valence-electron chi connectivity index (χ3n) is 3.70. The second kappa shape index (κ2) is 8.66. The Kier molecular flexibility index (Phi) is 6.77. The molecule has 0 fully saturated rings. The highest BCUT2D eigenvalue weighted by molar-refractivity contribution is 6.38. The maximum Gasteiger partial charge on any atom is 0.278 e. The highest BCUT2D eigenvalue weighted by atomic mass is 35.5. The molecule has 0 saturated carbocycles. The standard InChI is InChI=1S/C15H14Cl2N6O3.ClH/c1-8(18-2)5-13-19-15(26-21-13)12-3-4-22(20-12)14-10(16)6-9(23(24)25)7-11(14)17;/h3-4,6-8,18H,5H2,1-2H3;1H. The summed E-state index contributed by atoms with van der Waals surface area (Å²) in [5.41, 5.74) is 0.566. The molecule has 0 saturated heterocycles. The second-order valence-electron chi connectivity index (χ2n) is 5.57. The van der Waals surface area contributed by atoms with Gasteiger partial charge < -0.3 is 9.84 Å². The first-order valence-electron chi connectivity index (χ1n) is 7.58. The molecule has 144 valence electrons. The van der Waals surface area contributed by atoms with Gasteiger partial charge >= 0.3 is 0 Å². The maximum atomic E-state index is 10.9. The number of halogens is 3. The minimum atomic E-state index is -0.567. The van der Waals surface area contributed by atoms with Crippen molar-refractivity contribution in [2.75, 3.05) is 7.05 Å². The molecule has 1 atom stereocenters. The Balaban J connectivity index is 0.00000261. The van der Waals surface area contributed by atoms with Crippen molar-refractivity contribution in [3.05, 3.63) is 50.4 Å². The van der Waals surface area contributed by atoms with E-state index in [9.17, 15) is 10.1 Å². The molecular weight excluding hydrogens is 419 g/mol. The van der Waals surface area contributed by atoms with Gasteiger partial charge in [-0.15, -0.1) is 12.4 Å². The smallest absolute Gasteiger partial charge is 0.278 e. The Morgan fingerprint density at radius 1 is 1.37 bits per heavy atom. The van der Waals surface area contributed by atoms with Crippen LogP contribution in [0.2, 0.25) is 10.0 Å². The van der Waals surface area contributed by atoms with Crippen LogP contribution in [-0.4, -0.2) is 37.9 Å². The van der Waals surface area contributed by atoms with E-state index in [0.717, 1.165) is 0 Å². The number of nitrogens with one attached hydrogen (secondary N) is 1. The van der Waals surface area contributed by atoms with E-state index in [1.165, 1.54) is 16.8 Å². The van der Waals surface area contributed by atoms with Gasteiger partial charge in [0.05, 0.1) is 15.0 Å². The van der Waals surface area contributed by atoms with Crippen LogP contribution in [0.4, 0.5) is 5.69 Å². The number of aromatic nitrogens is 4. The van der Waals surface area contributed by atoms with E-state index in [0.29, 0.717) is 23.6 Å². The monoisotopic (exact) mass is 432 g/mol. The summed E-state index contributed by atoms with van der Waals surface area (Å²) in [6.45, 7) is 2.00. The first-order valence-corrected chi connectivity index (χ1v) is 8.34.